The molecule has 0 aromatic heterocycles. The van der Waals surface area contributed by atoms with Crippen molar-refractivity contribution in [1.82, 2.24) is 0 Å². The summed E-state index contributed by atoms with van der Waals surface area (Å²) >= 11 is 0. The zero-order chi connectivity index (χ0) is 7.85. The Hall–Kier alpha value is -0.0400. The molecule has 3 aliphatic rings. The summed E-state index contributed by atoms with van der Waals surface area (Å²) in [7, 11) is 0. The Morgan fingerprint density at radius 2 is 2.00 bits per heavy atom. The van der Waals surface area contributed by atoms with E-state index >= 15 is 0 Å². The Kier molecular flexibility index (Phi) is 0.820. The van der Waals surface area contributed by atoms with Crippen LogP contribution >= 0.6 is 0 Å². The largest absolute Gasteiger partial charge is 0.328 e. The van der Waals surface area contributed by atoms with E-state index in [9.17, 15) is 0 Å². The van der Waals surface area contributed by atoms with Crippen LogP contribution in [-0.4, -0.2) is 6.04 Å². The smallest absolute Gasteiger partial charge is 0.00447 e. The van der Waals surface area contributed by atoms with Crippen LogP contribution in [0.1, 0.15) is 33.1 Å². The van der Waals surface area contributed by atoms with E-state index < -0.39 is 0 Å². The molecule has 62 valence electrons. The van der Waals surface area contributed by atoms with E-state index in [0.717, 1.165) is 22.7 Å². The fourth-order valence-electron chi connectivity index (χ4n) is 4.32. The molecule has 3 fully saturated rings. The zero-order valence-electron chi connectivity index (χ0n) is 7.43. The Balaban J connectivity index is 1.96. The number of fused-ring (bicyclic) bond motifs is 1. The van der Waals surface area contributed by atoms with Crippen molar-refractivity contribution in [2.75, 3.05) is 0 Å². The second-order valence-electron chi connectivity index (χ2n) is 5.39. The van der Waals surface area contributed by atoms with Gasteiger partial charge in [0.05, 0.1) is 0 Å². The van der Waals surface area contributed by atoms with Crippen molar-refractivity contribution in [2.45, 2.75) is 39.2 Å². The van der Waals surface area contributed by atoms with E-state index in [1.807, 2.05) is 0 Å². The van der Waals surface area contributed by atoms with Crippen molar-refractivity contribution < 1.29 is 0 Å². The molecule has 0 amide bonds. The molecule has 0 radical (unpaired) electrons. The molecular formula is C10H17N. The maximum atomic E-state index is 5.99. The van der Waals surface area contributed by atoms with E-state index in [2.05, 4.69) is 13.8 Å². The lowest BCUT2D eigenvalue weighted by Crippen LogP contribution is -2.38. The standard InChI is InChI=1S/C10H17N/c1-9-5-6-3-7(11)4-8(9)10(6,9)2/h6-8H,3-5,11H2,1-2H3/t6?,7-,8?,9?,10?/m1/s1. The van der Waals surface area contributed by atoms with Crippen molar-refractivity contribution in [2.24, 2.45) is 28.4 Å². The molecule has 1 heteroatoms. The molecule has 4 unspecified atom stereocenters. The van der Waals surface area contributed by atoms with Gasteiger partial charge in [-0.1, -0.05) is 13.8 Å². The molecule has 0 saturated heterocycles. The van der Waals surface area contributed by atoms with Gasteiger partial charge in [-0.2, -0.15) is 0 Å². The third-order valence-electron chi connectivity index (χ3n) is 5.28. The highest BCUT2D eigenvalue weighted by molar-refractivity contribution is 5.30. The molecule has 3 rings (SSSR count). The van der Waals surface area contributed by atoms with Gasteiger partial charge >= 0.3 is 0 Å². The number of nitrogens with two attached hydrogens (primary N) is 1. The van der Waals surface area contributed by atoms with Gasteiger partial charge in [0, 0.05) is 6.04 Å². The highest BCUT2D eigenvalue weighted by Crippen LogP contribution is 2.87. The number of hydrogen-bond donors (Lipinski definition) is 1. The number of hydrogen-bond acceptors (Lipinski definition) is 1. The predicted molar refractivity (Wildman–Crippen MR) is 45.0 cm³/mol. The molecule has 3 saturated carbocycles. The van der Waals surface area contributed by atoms with Crippen LogP contribution in [0, 0.1) is 22.7 Å². The molecule has 0 aliphatic heterocycles. The summed E-state index contributed by atoms with van der Waals surface area (Å²) in [5, 5.41) is 0. The van der Waals surface area contributed by atoms with E-state index in [-0.39, 0.29) is 0 Å². The highest BCUT2D eigenvalue weighted by Gasteiger charge is 2.81. The van der Waals surface area contributed by atoms with Crippen LogP contribution in [-0.2, 0) is 0 Å². The van der Waals surface area contributed by atoms with E-state index in [1.54, 1.807) is 0 Å². The lowest BCUT2D eigenvalue weighted by Gasteiger charge is -2.42. The van der Waals surface area contributed by atoms with Crippen LogP contribution in [0.15, 0.2) is 0 Å². The van der Waals surface area contributed by atoms with Crippen LogP contribution in [0.3, 0.4) is 0 Å². The maximum absolute atomic E-state index is 5.99. The van der Waals surface area contributed by atoms with Gasteiger partial charge in [0.15, 0.2) is 0 Å². The van der Waals surface area contributed by atoms with E-state index in [1.165, 1.54) is 19.3 Å². The van der Waals surface area contributed by atoms with Crippen LogP contribution < -0.4 is 5.73 Å². The van der Waals surface area contributed by atoms with Gasteiger partial charge in [-0.3, -0.25) is 0 Å². The topological polar surface area (TPSA) is 26.0 Å². The zero-order valence-corrected chi connectivity index (χ0v) is 7.43. The van der Waals surface area contributed by atoms with Gasteiger partial charge in [-0.15, -0.1) is 0 Å². The minimum Gasteiger partial charge on any atom is -0.328 e. The Morgan fingerprint density at radius 3 is 2.64 bits per heavy atom. The van der Waals surface area contributed by atoms with Gasteiger partial charge in [0.1, 0.15) is 0 Å². The molecule has 0 heterocycles. The van der Waals surface area contributed by atoms with Crippen LogP contribution in [0.5, 0.6) is 0 Å². The molecule has 0 aromatic carbocycles. The summed E-state index contributed by atoms with van der Waals surface area (Å²) in [5.41, 5.74) is 7.45. The fourth-order valence-corrected chi connectivity index (χ4v) is 4.32. The lowest BCUT2D eigenvalue weighted by molar-refractivity contribution is 0.0816. The molecule has 0 spiro atoms. The Morgan fingerprint density at radius 1 is 1.27 bits per heavy atom. The molecule has 3 aliphatic carbocycles. The summed E-state index contributed by atoms with van der Waals surface area (Å²) in [6.45, 7) is 4.95. The average Bonchev–Trinajstić information content (AvgIpc) is 2.38. The third kappa shape index (κ3) is 0.438. The third-order valence-corrected chi connectivity index (χ3v) is 5.28. The Bertz CT molecular complexity index is 223. The Labute approximate surface area is 68.3 Å². The maximum Gasteiger partial charge on any atom is 0.00447 e. The van der Waals surface area contributed by atoms with Crippen LogP contribution in [0.2, 0.25) is 0 Å². The van der Waals surface area contributed by atoms with Crippen LogP contribution in [0.4, 0.5) is 0 Å². The van der Waals surface area contributed by atoms with Gasteiger partial charge in [-0.25, -0.2) is 0 Å². The second-order valence-corrected chi connectivity index (χ2v) is 5.39. The first-order valence-corrected chi connectivity index (χ1v) is 4.84. The number of rotatable bonds is 0. The predicted octanol–water partition coefficient (Wildman–Crippen LogP) is 1.77. The van der Waals surface area contributed by atoms with Gasteiger partial charge in [0.25, 0.3) is 0 Å². The molecule has 0 bridgehead atoms. The monoisotopic (exact) mass is 151 g/mol. The van der Waals surface area contributed by atoms with Gasteiger partial charge in [0.2, 0.25) is 0 Å². The molecular weight excluding hydrogens is 134 g/mol. The average molecular weight is 151 g/mol. The minimum atomic E-state index is 0.530. The quantitative estimate of drug-likeness (QED) is 0.561. The molecule has 1 nitrogen and oxygen atoms in total. The minimum absolute atomic E-state index is 0.530. The van der Waals surface area contributed by atoms with E-state index in [0.29, 0.717) is 6.04 Å². The summed E-state index contributed by atoms with van der Waals surface area (Å²) in [6, 6.07) is 0.530. The van der Waals surface area contributed by atoms with Crippen molar-refractivity contribution in [3.05, 3.63) is 0 Å². The normalized spacial score (nSPS) is 71.7. The fraction of sp³-hybridized carbons (Fsp3) is 1.00. The first-order valence-electron chi connectivity index (χ1n) is 4.84. The summed E-state index contributed by atoms with van der Waals surface area (Å²) in [6.07, 6.45) is 4.09. The van der Waals surface area contributed by atoms with Crippen molar-refractivity contribution in [3.8, 4) is 0 Å². The van der Waals surface area contributed by atoms with Crippen molar-refractivity contribution in [1.29, 1.82) is 0 Å². The molecule has 11 heavy (non-hydrogen) atoms. The SMILES string of the molecule is CC12CC3C[C@@H](N)CC1C32C. The molecule has 0 aromatic rings. The highest BCUT2D eigenvalue weighted by atomic mass is 14.9. The lowest BCUT2D eigenvalue weighted by atomic mass is 9.64. The summed E-state index contributed by atoms with van der Waals surface area (Å²) < 4.78 is 0. The summed E-state index contributed by atoms with van der Waals surface area (Å²) in [4.78, 5) is 0. The van der Waals surface area contributed by atoms with Crippen LogP contribution in [0.25, 0.3) is 0 Å². The van der Waals surface area contributed by atoms with Crippen molar-refractivity contribution in [3.63, 3.8) is 0 Å². The molecule has 5 atom stereocenters. The first-order chi connectivity index (χ1) is 5.09. The van der Waals surface area contributed by atoms with E-state index in [4.69, 9.17) is 5.73 Å². The first kappa shape index (κ1) is 6.47. The summed E-state index contributed by atoms with van der Waals surface area (Å²) in [5.74, 6) is 1.98. The second kappa shape index (κ2) is 1.39. The van der Waals surface area contributed by atoms with Crippen molar-refractivity contribution >= 4 is 0 Å². The molecule has 2 N–H and O–H groups in total. The van der Waals surface area contributed by atoms with Gasteiger partial charge in [-0.05, 0) is 41.9 Å². The van der Waals surface area contributed by atoms with Gasteiger partial charge < -0.3 is 5.73 Å².